The summed E-state index contributed by atoms with van der Waals surface area (Å²) in [5.74, 6) is 0.690. The topological polar surface area (TPSA) is 77.7 Å². The van der Waals surface area contributed by atoms with Crippen LogP contribution in [0.5, 0.6) is 5.75 Å². The fourth-order valence-electron chi connectivity index (χ4n) is 3.72. The van der Waals surface area contributed by atoms with E-state index in [1.54, 1.807) is 75.1 Å². The number of aromatic nitrogens is 2. The smallest absolute Gasteiger partial charge is 0.206 e. The number of benzene rings is 2. The molecule has 0 aliphatic heterocycles. The Labute approximate surface area is 187 Å². The van der Waals surface area contributed by atoms with Crippen molar-refractivity contribution in [1.82, 2.24) is 9.38 Å². The van der Waals surface area contributed by atoms with Gasteiger partial charge in [0.2, 0.25) is 9.84 Å². The molecule has 2 heterocycles. The lowest BCUT2D eigenvalue weighted by molar-refractivity contribution is 0.0982. The first-order valence-corrected chi connectivity index (χ1v) is 11.7. The van der Waals surface area contributed by atoms with E-state index in [1.807, 2.05) is 17.4 Å². The van der Waals surface area contributed by atoms with Crippen molar-refractivity contribution in [2.75, 3.05) is 7.11 Å². The third-order valence-corrected chi connectivity index (χ3v) is 7.48. The zero-order chi connectivity index (χ0) is 22.9. The number of methoxy groups -OCH3 is 1. The van der Waals surface area contributed by atoms with Crippen LogP contribution in [0.1, 0.15) is 33.5 Å². The third-order valence-electron chi connectivity index (χ3n) is 5.57. The van der Waals surface area contributed by atoms with E-state index < -0.39 is 9.84 Å². The first-order chi connectivity index (χ1) is 15.3. The average Bonchev–Trinajstić information content (AvgIpc) is 3.26. The average molecular weight is 449 g/mol. The van der Waals surface area contributed by atoms with E-state index in [0.717, 1.165) is 16.8 Å². The Bertz CT molecular complexity index is 1400. The molecule has 2 aromatic carbocycles. The van der Waals surface area contributed by atoms with E-state index in [9.17, 15) is 13.2 Å². The second-order valence-electron chi connectivity index (χ2n) is 7.77. The number of rotatable bonds is 7. The van der Waals surface area contributed by atoms with Gasteiger partial charge in [-0.25, -0.2) is 13.4 Å². The molecule has 0 aliphatic rings. The van der Waals surface area contributed by atoms with Crippen molar-refractivity contribution in [3.05, 3.63) is 89.4 Å². The molecule has 0 saturated heterocycles. The van der Waals surface area contributed by atoms with Crippen LogP contribution in [0.4, 0.5) is 0 Å². The maximum atomic E-state index is 13.2. The van der Waals surface area contributed by atoms with Crippen LogP contribution < -0.4 is 4.74 Å². The number of ether oxygens (including phenoxy) is 1. The van der Waals surface area contributed by atoms with Gasteiger partial charge in [0.15, 0.2) is 5.78 Å². The summed E-state index contributed by atoms with van der Waals surface area (Å²) < 4.78 is 33.4. The summed E-state index contributed by atoms with van der Waals surface area (Å²) in [6.45, 7) is 3.58. The Morgan fingerprint density at radius 1 is 1.03 bits per heavy atom. The monoisotopic (exact) mass is 448 g/mol. The number of hydrogen-bond acceptors (Lipinski definition) is 5. The summed E-state index contributed by atoms with van der Waals surface area (Å²) in [6.07, 6.45) is 6.13. The fourth-order valence-corrected chi connectivity index (χ4v) is 5.29. The minimum Gasteiger partial charge on any atom is -0.496 e. The minimum atomic E-state index is -3.65. The predicted octanol–water partition coefficient (Wildman–Crippen LogP) is 4.61. The molecule has 32 heavy (non-hydrogen) atoms. The molecule has 0 saturated carbocycles. The van der Waals surface area contributed by atoms with Gasteiger partial charge in [0.1, 0.15) is 11.4 Å². The van der Waals surface area contributed by atoms with Crippen molar-refractivity contribution in [1.29, 1.82) is 0 Å². The maximum Gasteiger partial charge on any atom is 0.206 e. The summed E-state index contributed by atoms with van der Waals surface area (Å²) in [6, 6.07) is 13.7. The Morgan fingerprint density at radius 2 is 1.78 bits per heavy atom. The van der Waals surface area contributed by atoms with Crippen LogP contribution in [-0.4, -0.2) is 30.7 Å². The molecule has 0 unspecified atom stereocenters. The van der Waals surface area contributed by atoms with Crippen LogP contribution in [-0.2, 0) is 16.3 Å². The summed E-state index contributed by atoms with van der Waals surface area (Å²) in [5, 5.41) is 0. The van der Waals surface area contributed by atoms with Crippen molar-refractivity contribution in [2.45, 2.75) is 36.5 Å². The summed E-state index contributed by atoms with van der Waals surface area (Å²) >= 11 is 0. The molecular weight excluding hydrogens is 424 g/mol. The van der Waals surface area contributed by atoms with Crippen molar-refractivity contribution in [3.63, 3.8) is 0 Å². The number of pyridine rings is 1. The number of ketones is 1. The predicted molar refractivity (Wildman–Crippen MR) is 122 cm³/mol. The number of hydrogen-bond donors (Lipinski definition) is 0. The van der Waals surface area contributed by atoms with E-state index in [4.69, 9.17) is 4.74 Å². The fraction of sp³-hybridized carbons (Fsp3) is 0.200. The second kappa shape index (κ2) is 8.59. The standard InChI is InChI=1S/C25H24N2O4S/c1-17-15-24(18(2)14-23(17)31-3)32(29,30)21-8-4-19(5-9-21)6-10-22(28)20-7-11-25-26-12-13-27(25)16-20/h4-5,7-9,11-16H,6,10H2,1-3H3. The molecule has 2 aromatic heterocycles. The van der Waals surface area contributed by atoms with Crippen LogP contribution in [0.15, 0.2) is 76.9 Å². The number of carbonyl (C=O) groups is 1. The zero-order valence-corrected chi connectivity index (χ0v) is 19.0. The number of imidazole rings is 1. The summed E-state index contributed by atoms with van der Waals surface area (Å²) in [7, 11) is -2.09. The Hall–Kier alpha value is -3.45. The van der Waals surface area contributed by atoms with Gasteiger partial charge in [-0.05, 0) is 73.4 Å². The normalized spacial score (nSPS) is 11.6. The van der Waals surface area contributed by atoms with E-state index in [0.29, 0.717) is 29.7 Å². The maximum absolute atomic E-state index is 13.2. The van der Waals surface area contributed by atoms with Crippen LogP contribution in [0, 0.1) is 13.8 Å². The molecule has 0 aliphatic carbocycles. The number of aryl methyl sites for hydroxylation is 3. The molecule has 6 nitrogen and oxygen atoms in total. The van der Waals surface area contributed by atoms with Gasteiger partial charge in [-0.1, -0.05) is 12.1 Å². The number of nitrogens with zero attached hydrogens (tertiary/aromatic N) is 2. The van der Waals surface area contributed by atoms with Gasteiger partial charge >= 0.3 is 0 Å². The van der Waals surface area contributed by atoms with Crippen molar-refractivity contribution >= 4 is 21.3 Å². The number of Topliss-reactive ketones (excluding diaryl/α,β-unsaturated/α-hetero) is 1. The van der Waals surface area contributed by atoms with Crippen molar-refractivity contribution in [3.8, 4) is 5.75 Å². The molecule has 4 aromatic rings. The Balaban J connectivity index is 1.49. The van der Waals surface area contributed by atoms with Gasteiger partial charge in [-0.2, -0.15) is 0 Å². The van der Waals surface area contributed by atoms with Crippen molar-refractivity contribution < 1.29 is 17.9 Å². The highest BCUT2D eigenvalue weighted by molar-refractivity contribution is 7.91. The largest absolute Gasteiger partial charge is 0.496 e. The van der Waals surface area contributed by atoms with E-state index >= 15 is 0 Å². The minimum absolute atomic E-state index is 0.0293. The van der Waals surface area contributed by atoms with Gasteiger partial charge in [-0.3, -0.25) is 4.79 Å². The number of sulfone groups is 1. The van der Waals surface area contributed by atoms with E-state index in [2.05, 4.69) is 4.98 Å². The lowest BCUT2D eigenvalue weighted by atomic mass is 10.0. The lowest BCUT2D eigenvalue weighted by Gasteiger charge is -2.12. The second-order valence-corrected chi connectivity index (χ2v) is 9.69. The van der Waals surface area contributed by atoms with Crippen LogP contribution in [0.25, 0.3) is 5.65 Å². The van der Waals surface area contributed by atoms with Crippen molar-refractivity contribution in [2.24, 2.45) is 0 Å². The highest BCUT2D eigenvalue weighted by Gasteiger charge is 2.21. The van der Waals surface area contributed by atoms with Gasteiger partial charge in [0.25, 0.3) is 0 Å². The summed E-state index contributed by atoms with van der Waals surface area (Å²) in [4.78, 5) is 17.3. The van der Waals surface area contributed by atoms with Gasteiger partial charge < -0.3 is 9.14 Å². The number of carbonyl (C=O) groups excluding carboxylic acids is 1. The Kier molecular flexibility index (Phi) is 5.84. The van der Waals surface area contributed by atoms with Gasteiger partial charge in [0, 0.05) is 30.6 Å². The van der Waals surface area contributed by atoms with Crippen LogP contribution in [0.2, 0.25) is 0 Å². The third kappa shape index (κ3) is 4.16. The molecule has 7 heteroatoms. The molecule has 0 spiro atoms. The molecule has 0 amide bonds. The first kappa shape index (κ1) is 21.8. The highest BCUT2D eigenvalue weighted by atomic mass is 32.2. The molecule has 0 fully saturated rings. The first-order valence-electron chi connectivity index (χ1n) is 10.2. The molecule has 0 N–H and O–H groups in total. The van der Waals surface area contributed by atoms with Crippen LogP contribution >= 0.6 is 0 Å². The van der Waals surface area contributed by atoms with E-state index in [-0.39, 0.29) is 15.6 Å². The SMILES string of the molecule is COc1cc(C)c(S(=O)(=O)c2ccc(CCC(=O)c3ccc4nccn4c3)cc2)cc1C. The molecule has 0 radical (unpaired) electrons. The zero-order valence-electron chi connectivity index (χ0n) is 18.2. The molecule has 0 bridgehead atoms. The van der Waals surface area contributed by atoms with Gasteiger partial charge in [0.05, 0.1) is 16.9 Å². The highest BCUT2D eigenvalue weighted by Crippen LogP contribution is 2.30. The molecule has 4 rings (SSSR count). The molecular formula is C25H24N2O4S. The molecule has 0 atom stereocenters. The quantitative estimate of drug-likeness (QED) is 0.386. The van der Waals surface area contributed by atoms with Crippen LogP contribution in [0.3, 0.4) is 0 Å². The lowest BCUT2D eigenvalue weighted by Crippen LogP contribution is -2.06. The summed E-state index contributed by atoms with van der Waals surface area (Å²) in [5.41, 5.74) is 3.72. The van der Waals surface area contributed by atoms with Gasteiger partial charge in [-0.15, -0.1) is 0 Å². The Morgan fingerprint density at radius 3 is 2.50 bits per heavy atom. The molecule has 164 valence electrons. The number of fused-ring (bicyclic) bond motifs is 1. The van der Waals surface area contributed by atoms with E-state index in [1.165, 1.54) is 0 Å².